The quantitative estimate of drug-likeness (QED) is 0.503. The van der Waals surface area contributed by atoms with Crippen LogP contribution in [0.2, 0.25) is 0 Å². The van der Waals surface area contributed by atoms with Crippen molar-refractivity contribution in [2.45, 2.75) is 77.4 Å². The molecule has 2 heterocycles. The van der Waals surface area contributed by atoms with Crippen LogP contribution in [0.1, 0.15) is 63.3 Å². The van der Waals surface area contributed by atoms with Crippen LogP contribution in [0.3, 0.4) is 0 Å². The van der Waals surface area contributed by atoms with Gasteiger partial charge in [-0.3, -0.25) is 9.59 Å². The minimum absolute atomic E-state index is 0.0197. The van der Waals surface area contributed by atoms with Gasteiger partial charge in [0.25, 0.3) is 5.56 Å². The van der Waals surface area contributed by atoms with Crippen LogP contribution >= 0.6 is 23.1 Å². The van der Waals surface area contributed by atoms with Crippen LogP contribution in [0.5, 0.6) is 0 Å². The lowest BCUT2D eigenvalue weighted by Gasteiger charge is -2.29. The third-order valence-electron chi connectivity index (χ3n) is 5.89. The monoisotopic (exact) mass is 421 g/mol. The maximum absolute atomic E-state index is 12.7. The molecule has 1 aliphatic rings. The van der Waals surface area contributed by atoms with Crippen LogP contribution in [0.25, 0.3) is 10.2 Å². The molecule has 28 heavy (non-hydrogen) atoms. The van der Waals surface area contributed by atoms with Gasteiger partial charge >= 0.3 is 0 Å². The Hall–Kier alpha value is -1.34. The lowest BCUT2D eigenvalue weighted by atomic mass is 9.86. The zero-order valence-electron chi connectivity index (χ0n) is 17.3. The molecule has 0 bridgehead atoms. The van der Waals surface area contributed by atoms with Crippen molar-refractivity contribution >= 4 is 39.2 Å². The van der Waals surface area contributed by atoms with Gasteiger partial charge in [-0.1, -0.05) is 51.8 Å². The summed E-state index contributed by atoms with van der Waals surface area (Å²) in [4.78, 5) is 34.5. The second-order valence-electron chi connectivity index (χ2n) is 8.13. The Bertz CT molecular complexity index is 890. The first kappa shape index (κ1) is 21.4. The maximum Gasteiger partial charge on any atom is 0.260 e. The lowest BCUT2D eigenvalue weighted by molar-refractivity contribution is -0.119. The number of hydrogen-bond donors (Lipinski definition) is 2. The van der Waals surface area contributed by atoms with Crippen LogP contribution in [-0.4, -0.2) is 27.7 Å². The van der Waals surface area contributed by atoms with E-state index in [0.29, 0.717) is 17.0 Å². The minimum atomic E-state index is -0.0866. The Morgan fingerprint density at radius 3 is 2.86 bits per heavy atom. The summed E-state index contributed by atoms with van der Waals surface area (Å²) in [5, 5.41) is 4.41. The molecule has 1 fully saturated rings. The van der Waals surface area contributed by atoms with E-state index in [1.807, 2.05) is 0 Å². The Kier molecular flexibility index (Phi) is 7.20. The molecule has 154 valence electrons. The van der Waals surface area contributed by atoms with Crippen molar-refractivity contribution < 1.29 is 4.79 Å². The fourth-order valence-corrected chi connectivity index (χ4v) is 5.66. The molecule has 2 N–H and O–H groups in total. The second-order valence-corrected chi connectivity index (χ2v) is 10.3. The number of aryl methyl sites for hydroxylation is 1. The molecule has 7 heteroatoms. The van der Waals surface area contributed by atoms with Gasteiger partial charge in [0, 0.05) is 10.9 Å². The third kappa shape index (κ3) is 4.98. The van der Waals surface area contributed by atoms with E-state index in [9.17, 15) is 9.59 Å². The van der Waals surface area contributed by atoms with Crippen molar-refractivity contribution in [3.63, 3.8) is 0 Å². The van der Waals surface area contributed by atoms with Gasteiger partial charge in [0.05, 0.1) is 11.1 Å². The zero-order chi connectivity index (χ0) is 20.3. The number of amides is 1. The number of thioether (sulfide) groups is 1. The van der Waals surface area contributed by atoms with Gasteiger partial charge in [0.1, 0.15) is 4.83 Å². The van der Waals surface area contributed by atoms with Crippen molar-refractivity contribution in [3.8, 4) is 0 Å². The highest BCUT2D eigenvalue weighted by Crippen LogP contribution is 2.30. The van der Waals surface area contributed by atoms with E-state index in [0.717, 1.165) is 35.0 Å². The van der Waals surface area contributed by atoms with E-state index in [1.165, 1.54) is 35.9 Å². The fraction of sp³-hybridized carbons (Fsp3) is 0.667. The van der Waals surface area contributed by atoms with Crippen LogP contribution in [0, 0.1) is 18.8 Å². The number of fused-ring (bicyclic) bond motifs is 1. The normalized spacial score (nSPS) is 21.0. The van der Waals surface area contributed by atoms with Crippen molar-refractivity contribution in [3.05, 3.63) is 20.8 Å². The Morgan fingerprint density at radius 1 is 1.39 bits per heavy atom. The molecule has 0 saturated heterocycles. The number of carbonyl (C=O) groups excluding carboxylic acids is 1. The van der Waals surface area contributed by atoms with Gasteiger partial charge in [0.2, 0.25) is 5.91 Å². The molecular weight excluding hydrogens is 390 g/mol. The van der Waals surface area contributed by atoms with Crippen LogP contribution in [0.4, 0.5) is 0 Å². The second kappa shape index (κ2) is 9.44. The highest BCUT2D eigenvalue weighted by molar-refractivity contribution is 7.99. The first-order chi connectivity index (χ1) is 13.4. The third-order valence-corrected chi connectivity index (χ3v) is 7.80. The van der Waals surface area contributed by atoms with E-state index in [1.54, 1.807) is 11.3 Å². The number of nitrogens with zero attached hydrogens (tertiary/aromatic N) is 1. The Balaban J connectivity index is 1.69. The van der Waals surface area contributed by atoms with E-state index in [2.05, 4.69) is 43.0 Å². The van der Waals surface area contributed by atoms with Crippen LogP contribution in [-0.2, 0) is 11.2 Å². The van der Waals surface area contributed by atoms with Crippen molar-refractivity contribution in [2.75, 3.05) is 5.75 Å². The summed E-state index contributed by atoms with van der Waals surface area (Å²) in [5.41, 5.74) is 1.04. The molecule has 2 aromatic heterocycles. The average molecular weight is 422 g/mol. The van der Waals surface area contributed by atoms with Crippen LogP contribution in [0.15, 0.2) is 9.95 Å². The van der Waals surface area contributed by atoms with Gasteiger partial charge in [-0.2, -0.15) is 0 Å². The summed E-state index contributed by atoms with van der Waals surface area (Å²) in [6.45, 7) is 8.65. The molecule has 3 atom stereocenters. The van der Waals surface area contributed by atoms with E-state index < -0.39 is 0 Å². The average Bonchev–Trinajstić information content (AvgIpc) is 2.97. The minimum Gasteiger partial charge on any atom is -0.352 e. The molecule has 0 unspecified atom stereocenters. The van der Waals surface area contributed by atoms with E-state index in [-0.39, 0.29) is 23.3 Å². The summed E-state index contributed by atoms with van der Waals surface area (Å²) < 4.78 is 0. The number of aromatic nitrogens is 2. The lowest BCUT2D eigenvalue weighted by Crippen LogP contribution is -2.41. The molecule has 3 rings (SSSR count). The smallest absolute Gasteiger partial charge is 0.260 e. The van der Waals surface area contributed by atoms with Gasteiger partial charge in [-0.05, 0) is 43.6 Å². The fourth-order valence-electron chi connectivity index (χ4n) is 3.88. The topological polar surface area (TPSA) is 74.8 Å². The van der Waals surface area contributed by atoms with Crippen molar-refractivity contribution in [1.29, 1.82) is 0 Å². The Morgan fingerprint density at radius 2 is 2.14 bits per heavy atom. The molecule has 0 radical (unpaired) electrons. The maximum atomic E-state index is 12.7. The molecule has 0 aromatic carbocycles. The molecule has 1 saturated carbocycles. The van der Waals surface area contributed by atoms with Gasteiger partial charge in [-0.25, -0.2) is 4.98 Å². The first-order valence-corrected chi connectivity index (χ1v) is 12.1. The summed E-state index contributed by atoms with van der Waals surface area (Å²) in [7, 11) is 0. The molecule has 5 nitrogen and oxygen atoms in total. The number of aromatic amines is 1. The molecule has 0 spiro atoms. The predicted octanol–water partition coefficient (Wildman–Crippen LogP) is 4.67. The molecule has 1 amide bonds. The standard InChI is InChI=1S/C21H31N3O2S2/c1-5-12(2)10-15-14(4)28-20-18(15)19(26)23-21(24-20)27-11-17(25)22-16-9-7-6-8-13(16)3/h12-13,16H,5-11H2,1-4H3,(H,22,25)(H,23,24,26)/t12-,13-,16+/m0/s1. The number of nitrogens with one attached hydrogen (secondary N) is 2. The highest BCUT2D eigenvalue weighted by Gasteiger charge is 2.23. The molecule has 0 aliphatic heterocycles. The van der Waals surface area contributed by atoms with E-state index in [4.69, 9.17) is 0 Å². The summed E-state index contributed by atoms with van der Waals surface area (Å²) in [6, 6.07) is 0.277. The summed E-state index contributed by atoms with van der Waals surface area (Å²) >= 11 is 2.89. The van der Waals surface area contributed by atoms with Crippen LogP contribution < -0.4 is 10.9 Å². The summed E-state index contributed by atoms with van der Waals surface area (Å²) in [6.07, 6.45) is 6.68. The van der Waals surface area contributed by atoms with Gasteiger partial charge in [-0.15, -0.1) is 11.3 Å². The number of hydrogen-bond acceptors (Lipinski definition) is 5. The van der Waals surface area contributed by atoms with E-state index >= 15 is 0 Å². The number of carbonyl (C=O) groups is 1. The largest absolute Gasteiger partial charge is 0.352 e. The van der Waals surface area contributed by atoms with Crippen molar-refractivity contribution in [2.24, 2.45) is 11.8 Å². The highest BCUT2D eigenvalue weighted by atomic mass is 32.2. The van der Waals surface area contributed by atoms with Gasteiger partial charge in [0.15, 0.2) is 5.16 Å². The molecule has 1 aliphatic carbocycles. The number of rotatable bonds is 7. The Labute approximate surface area is 175 Å². The predicted molar refractivity (Wildman–Crippen MR) is 118 cm³/mol. The number of H-pyrrole nitrogens is 1. The molecular formula is C21H31N3O2S2. The first-order valence-electron chi connectivity index (χ1n) is 10.3. The summed E-state index contributed by atoms with van der Waals surface area (Å²) in [5.74, 6) is 1.37. The number of thiophene rings is 1. The zero-order valence-corrected chi connectivity index (χ0v) is 18.9. The SMILES string of the molecule is CC[C@H](C)Cc1c(C)sc2nc(SCC(=O)N[C@@H]3CCCC[C@@H]3C)[nH]c(=O)c12. The van der Waals surface area contributed by atoms with Crippen molar-refractivity contribution in [1.82, 2.24) is 15.3 Å². The van der Waals surface area contributed by atoms with Gasteiger partial charge < -0.3 is 10.3 Å². The molecule has 2 aromatic rings.